The third-order valence-corrected chi connectivity index (χ3v) is 4.26. The number of hydrogen-bond acceptors (Lipinski definition) is 2. The third kappa shape index (κ3) is 3.02. The van der Waals surface area contributed by atoms with E-state index < -0.39 is 27.1 Å². The normalized spacial score (nSPS) is 14.1. The lowest BCUT2D eigenvalue weighted by Crippen LogP contribution is -2.33. The highest BCUT2D eigenvalue weighted by molar-refractivity contribution is 7.90. The van der Waals surface area contributed by atoms with Crippen LogP contribution in [0.3, 0.4) is 0 Å². The predicted molar refractivity (Wildman–Crippen MR) is 62.0 cm³/mol. The molecule has 0 bridgehead atoms. The molecule has 1 aromatic carbocycles. The van der Waals surface area contributed by atoms with Crippen LogP contribution < -0.4 is 4.72 Å². The van der Waals surface area contributed by atoms with Gasteiger partial charge in [0.25, 0.3) is 0 Å². The molecule has 0 amide bonds. The quantitative estimate of drug-likeness (QED) is 0.884. The van der Waals surface area contributed by atoms with Crippen LogP contribution in [-0.2, 0) is 10.0 Å². The molecular formula is C11H16FNO2S. The van der Waals surface area contributed by atoms with Gasteiger partial charge in [-0.3, -0.25) is 0 Å². The van der Waals surface area contributed by atoms with Crippen LogP contribution in [0.25, 0.3) is 0 Å². The Morgan fingerprint density at radius 1 is 1.19 bits per heavy atom. The Hall–Kier alpha value is -0.940. The topological polar surface area (TPSA) is 46.2 Å². The second kappa shape index (κ2) is 4.93. The fourth-order valence-corrected chi connectivity index (χ4v) is 2.16. The summed E-state index contributed by atoms with van der Waals surface area (Å²) in [5, 5.41) is -0.526. The predicted octanol–water partition coefficient (Wildman–Crippen LogP) is 2.21. The number of benzene rings is 1. The van der Waals surface area contributed by atoms with E-state index in [1.54, 1.807) is 39.0 Å². The molecule has 0 radical (unpaired) electrons. The first-order valence-corrected chi connectivity index (χ1v) is 6.65. The maximum atomic E-state index is 13.4. The van der Waals surface area contributed by atoms with Crippen LogP contribution in [0.15, 0.2) is 24.3 Å². The minimum atomic E-state index is -3.38. The summed E-state index contributed by atoms with van der Waals surface area (Å²) in [6, 6.07) is 5.58. The van der Waals surface area contributed by atoms with Crippen molar-refractivity contribution in [2.75, 3.05) is 0 Å². The van der Waals surface area contributed by atoms with Crippen molar-refractivity contribution in [2.24, 2.45) is 0 Å². The maximum absolute atomic E-state index is 13.4. The molecule has 0 unspecified atom stereocenters. The molecule has 90 valence electrons. The van der Waals surface area contributed by atoms with Gasteiger partial charge in [0, 0.05) is 11.6 Å². The highest BCUT2D eigenvalue weighted by Gasteiger charge is 2.20. The molecule has 0 saturated carbocycles. The maximum Gasteiger partial charge on any atom is 0.214 e. The number of halogens is 1. The molecule has 1 atom stereocenters. The number of sulfonamides is 1. The van der Waals surface area contributed by atoms with Gasteiger partial charge in [0.15, 0.2) is 0 Å². The van der Waals surface area contributed by atoms with Gasteiger partial charge in [0.1, 0.15) is 5.82 Å². The Morgan fingerprint density at radius 3 is 2.25 bits per heavy atom. The molecule has 1 N–H and O–H groups in total. The van der Waals surface area contributed by atoms with E-state index in [9.17, 15) is 12.8 Å². The summed E-state index contributed by atoms with van der Waals surface area (Å²) in [5.74, 6) is -0.401. The minimum absolute atomic E-state index is 0.353. The molecule has 0 aromatic heterocycles. The van der Waals surface area contributed by atoms with Crippen molar-refractivity contribution in [3.63, 3.8) is 0 Å². The van der Waals surface area contributed by atoms with Crippen molar-refractivity contribution in [3.05, 3.63) is 35.6 Å². The molecule has 0 aliphatic heterocycles. The van der Waals surface area contributed by atoms with E-state index in [-0.39, 0.29) is 0 Å². The Bertz CT molecular complexity index is 457. The van der Waals surface area contributed by atoms with Gasteiger partial charge < -0.3 is 0 Å². The van der Waals surface area contributed by atoms with Crippen LogP contribution >= 0.6 is 0 Å². The molecule has 0 heterocycles. The van der Waals surface area contributed by atoms with Gasteiger partial charge in [0.05, 0.1) is 5.25 Å². The molecule has 5 heteroatoms. The molecule has 16 heavy (non-hydrogen) atoms. The molecule has 0 saturated heterocycles. The summed E-state index contributed by atoms with van der Waals surface area (Å²) in [6.07, 6.45) is 0. The average Bonchev–Trinajstić information content (AvgIpc) is 2.17. The van der Waals surface area contributed by atoms with Gasteiger partial charge in [-0.25, -0.2) is 17.5 Å². The second-order valence-electron chi connectivity index (χ2n) is 3.95. The molecule has 1 aromatic rings. The van der Waals surface area contributed by atoms with Crippen LogP contribution in [-0.4, -0.2) is 13.7 Å². The van der Waals surface area contributed by atoms with E-state index in [2.05, 4.69) is 4.72 Å². The average molecular weight is 245 g/mol. The summed E-state index contributed by atoms with van der Waals surface area (Å²) in [4.78, 5) is 0. The molecule has 3 nitrogen and oxygen atoms in total. The zero-order chi connectivity index (χ0) is 12.3. The van der Waals surface area contributed by atoms with Crippen LogP contribution in [0.1, 0.15) is 32.4 Å². The highest BCUT2D eigenvalue weighted by Crippen LogP contribution is 2.17. The molecule has 0 aliphatic rings. The summed E-state index contributed by atoms with van der Waals surface area (Å²) in [5.41, 5.74) is 0.353. The Balaban J connectivity index is 2.89. The van der Waals surface area contributed by atoms with Gasteiger partial charge in [0.2, 0.25) is 10.0 Å². The lowest BCUT2D eigenvalue weighted by atomic mass is 10.1. The lowest BCUT2D eigenvalue weighted by molar-refractivity contribution is 0.543. The van der Waals surface area contributed by atoms with Gasteiger partial charge in [-0.2, -0.15) is 0 Å². The Labute approximate surface area is 95.7 Å². The van der Waals surface area contributed by atoms with Crippen LogP contribution in [0.5, 0.6) is 0 Å². The second-order valence-corrected chi connectivity index (χ2v) is 6.22. The first-order chi connectivity index (χ1) is 7.34. The molecule has 0 fully saturated rings. The first kappa shape index (κ1) is 13.1. The fourth-order valence-electron chi connectivity index (χ4n) is 1.27. The summed E-state index contributed by atoms with van der Waals surface area (Å²) >= 11 is 0. The van der Waals surface area contributed by atoms with Gasteiger partial charge in [-0.15, -0.1) is 0 Å². The zero-order valence-electron chi connectivity index (χ0n) is 9.57. The largest absolute Gasteiger partial charge is 0.214 e. The Morgan fingerprint density at radius 2 is 1.75 bits per heavy atom. The molecular weight excluding hydrogens is 229 g/mol. The van der Waals surface area contributed by atoms with E-state index in [1.165, 1.54) is 6.07 Å². The van der Waals surface area contributed by atoms with E-state index in [1.807, 2.05) is 0 Å². The third-order valence-electron chi connectivity index (χ3n) is 2.33. The minimum Gasteiger partial charge on any atom is -0.212 e. The smallest absolute Gasteiger partial charge is 0.212 e. The van der Waals surface area contributed by atoms with Crippen LogP contribution in [0.2, 0.25) is 0 Å². The summed E-state index contributed by atoms with van der Waals surface area (Å²) < 4.78 is 39.0. The standard InChI is InChI=1S/C11H16FNO2S/c1-8(2)16(14,15)13-9(3)10-6-4-5-7-11(10)12/h4-9,13H,1-3H3/t9-/m1/s1. The summed E-state index contributed by atoms with van der Waals surface area (Å²) in [6.45, 7) is 4.78. The SMILES string of the molecule is CC(C)S(=O)(=O)N[C@H](C)c1ccccc1F. The van der Waals surface area contributed by atoms with Crippen molar-refractivity contribution >= 4 is 10.0 Å². The van der Waals surface area contributed by atoms with E-state index in [0.717, 1.165) is 0 Å². The molecule has 0 aliphatic carbocycles. The van der Waals surface area contributed by atoms with E-state index >= 15 is 0 Å². The monoisotopic (exact) mass is 245 g/mol. The summed E-state index contributed by atoms with van der Waals surface area (Å²) in [7, 11) is -3.38. The first-order valence-electron chi connectivity index (χ1n) is 5.10. The molecule has 1 rings (SSSR count). The number of nitrogens with one attached hydrogen (secondary N) is 1. The van der Waals surface area contributed by atoms with Crippen molar-refractivity contribution in [3.8, 4) is 0 Å². The van der Waals surface area contributed by atoms with Crippen LogP contribution in [0, 0.1) is 5.82 Å². The Kier molecular flexibility index (Phi) is 4.04. The van der Waals surface area contributed by atoms with Crippen molar-refractivity contribution in [2.45, 2.75) is 32.1 Å². The van der Waals surface area contributed by atoms with E-state index in [4.69, 9.17) is 0 Å². The molecule has 0 spiro atoms. The van der Waals surface area contributed by atoms with Crippen LogP contribution in [0.4, 0.5) is 4.39 Å². The van der Waals surface area contributed by atoms with Gasteiger partial charge in [-0.1, -0.05) is 18.2 Å². The van der Waals surface area contributed by atoms with Gasteiger partial charge in [-0.05, 0) is 26.8 Å². The van der Waals surface area contributed by atoms with E-state index in [0.29, 0.717) is 5.56 Å². The lowest BCUT2D eigenvalue weighted by Gasteiger charge is -2.16. The van der Waals surface area contributed by atoms with Gasteiger partial charge >= 0.3 is 0 Å². The zero-order valence-corrected chi connectivity index (χ0v) is 10.4. The number of rotatable bonds is 4. The van der Waals surface area contributed by atoms with Crippen molar-refractivity contribution < 1.29 is 12.8 Å². The highest BCUT2D eigenvalue weighted by atomic mass is 32.2. The van der Waals surface area contributed by atoms with Crippen molar-refractivity contribution in [1.82, 2.24) is 4.72 Å². The number of hydrogen-bond donors (Lipinski definition) is 1. The fraction of sp³-hybridized carbons (Fsp3) is 0.455. The van der Waals surface area contributed by atoms with Crippen molar-refractivity contribution in [1.29, 1.82) is 0 Å².